The molecule has 0 radical (unpaired) electrons. The second-order valence-corrected chi connectivity index (χ2v) is 6.31. The highest BCUT2D eigenvalue weighted by Crippen LogP contribution is 2.32. The summed E-state index contributed by atoms with van der Waals surface area (Å²) < 4.78 is 14.3. The van der Waals surface area contributed by atoms with E-state index in [4.69, 9.17) is 9.47 Å². The van der Waals surface area contributed by atoms with E-state index in [0.29, 0.717) is 6.61 Å². The van der Waals surface area contributed by atoms with E-state index in [9.17, 15) is 0 Å². The number of rotatable bonds is 3. The summed E-state index contributed by atoms with van der Waals surface area (Å²) in [6.45, 7) is 5.67. The Balaban J connectivity index is 1.77. The average molecular weight is 295 g/mol. The molecule has 0 amide bonds. The maximum Gasteiger partial charge on any atom is 0.176 e. The maximum atomic E-state index is 6.13. The van der Waals surface area contributed by atoms with Crippen LogP contribution < -0.4 is 0 Å². The van der Waals surface area contributed by atoms with Crippen LogP contribution in [0.15, 0.2) is 48.5 Å². The van der Waals surface area contributed by atoms with Gasteiger partial charge < -0.3 is 14.0 Å². The van der Waals surface area contributed by atoms with Gasteiger partial charge in [0.15, 0.2) is 6.29 Å². The van der Waals surface area contributed by atoms with Crippen molar-refractivity contribution in [2.45, 2.75) is 38.7 Å². The Morgan fingerprint density at radius 3 is 2.18 bits per heavy atom. The second kappa shape index (κ2) is 5.11. The molecular weight excluding hydrogens is 274 g/mol. The van der Waals surface area contributed by atoms with Crippen molar-refractivity contribution in [1.82, 2.24) is 4.57 Å². The van der Waals surface area contributed by atoms with Gasteiger partial charge in [0.25, 0.3) is 0 Å². The molecule has 1 fully saturated rings. The van der Waals surface area contributed by atoms with E-state index < -0.39 is 0 Å². The molecule has 2 aromatic carbocycles. The molecule has 1 aromatic heterocycles. The van der Waals surface area contributed by atoms with Crippen LogP contribution in [0.25, 0.3) is 21.8 Å². The zero-order chi connectivity index (χ0) is 15.2. The summed E-state index contributed by atoms with van der Waals surface area (Å²) in [5, 5.41) is 2.57. The highest BCUT2D eigenvalue weighted by atomic mass is 16.7. The molecule has 0 saturated carbocycles. The summed E-state index contributed by atoms with van der Waals surface area (Å²) >= 11 is 0. The molecule has 0 spiro atoms. The molecular formula is C19H21NO2. The quantitative estimate of drug-likeness (QED) is 0.717. The van der Waals surface area contributed by atoms with Crippen LogP contribution in [0.3, 0.4) is 0 Å². The third-order valence-corrected chi connectivity index (χ3v) is 4.75. The van der Waals surface area contributed by atoms with Crippen LogP contribution in [0.4, 0.5) is 0 Å². The molecule has 0 N–H and O–H groups in total. The van der Waals surface area contributed by atoms with Crippen molar-refractivity contribution in [2.75, 3.05) is 6.61 Å². The van der Waals surface area contributed by atoms with Gasteiger partial charge in [-0.05, 0) is 25.5 Å². The van der Waals surface area contributed by atoms with Gasteiger partial charge in [-0.25, -0.2) is 0 Å². The topological polar surface area (TPSA) is 23.4 Å². The monoisotopic (exact) mass is 295 g/mol. The lowest BCUT2D eigenvalue weighted by atomic mass is 10.1. The molecule has 22 heavy (non-hydrogen) atoms. The lowest BCUT2D eigenvalue weighted by Crippen LogP contribution is -2.27. The van der Waals surface area contributed by atoms with E-state index in [1.165, 1.54) is 21.8 Å². The van der Waals surface area contributed by atoms with Crippen LogP contribution >= 0.6 is 0 Å². The number of hydrogen-bond acceptors (Lipinski definition) is 2. The molecule has 2 heterocycles. The first-order valence-corrected chi connectivity index (χ1v) is 7.95. The van der Waals surface area contributed by atoms with Gasteiger partial charge in [-0.2, -0.15) is 0 Å². The summed E-state index contributed by atoms with van der Waals surface area (Å²) in [6, 6.07) is 17.1. The first-order chi connectivity index (χ1) is 10.7. The van der Waals surface area contributed by atoms with Crippen LogP contribution in [0.5, 0.6) is 0 Å². The van der Waals surface area contributed by atoms with E-state index in [2.05, 4.69) is 66.9 Å². The van der Waals surface area contributed by atoms with Gasteiger partial charge in [-0.15, -0.1) is 0 Å². The fourth-order valence-corrected chi connectivity index (χ4v) is 3.28. The Hall–Kier alpha value is -1.84. The molecule has 3 heteroatoms. The van der Waals surface area contributed by atoms with E-state index in [1.54, 1.807) is 0 Å². The van der Waals surface area contributed by atoms with Crippen molar-refractivity contribution in [3.8, 4) is 0 Å². The predicted octanol–water partition coefficient (Wildman–Crippen LogP) is 4.34. The number of nitrogens with zero attached hydrogens (tertiary/aromatic N) is 1. The molecule has 2 atom stereocenters. The van der Waals surface area contributed by atoms with Crippen molar-refractivity contribution in [3.63, 3.8) is 0 Å². The fourth-order valence-electron chi connectivity index (χ4n) is 3.28. The summed E-state index contributed by atoms with van der Waals surface area (Å²) in [7, 11) is 0. The number of para-hydroxylation sites is 2. The molecule has 0 bridgehead atoms. The Bertz CT molecular complexity index is 769. The Morgan fingerprint density at radius 2 is 1.64 bits per heavy atom. The van der Waals surface area contributed by atoms with Gasteiger partial charge in [0.1, 0.15) is 0 Å². The number of hydrogen-bond donors (Lipinski definition) is 0. The highest BCUT2D eigenvalue weighted by molar-refractivity contribution is 6.07. The average Bonchev–Trinajstić information content (AvgIpc) is 3.09. The smallest absolute Gasteiger partial charge is 0.176 e. The summed E-state index contributed by atoms with van der Waals surface area (Å²) in [5.74, 6) is 0. The Labute approximate surface area is 130 Å². The summed E-state index contributed by atoms with van der Waals surface area (Å²) in [5.41, 5.74) is 2.32. The molecule has 3 aromatic rings. The minimum absolute atomic E-state index is 0.149. The van der Waals surface area contributed by atoms with Crippen LogP contribution in [-0.4, -0.2) is 23.1 Å². The van der Waals surface area contributed by atoms with Crippen molar-refractivity contribution in [1.29, 1.82) is 0 Å². The molecule has 114 valence electrons. The first kappa shape index (κ1) is 13.8. The molecule has 1 saturated heterocycles. The SMILES string of the molecule is CC[C@]1(C)CO[C@H](Cn2c3ccccc3c3ccccc32)O1. The lowest BCUT2D eigenvalue weighted by Gasteiger charge is -2.20. The Kier molecular flexibility index (Phi) is 3.21. The molecule has 4 rings (SSSR count). The zero-order valence-electron chi connectivity index (χ0n) is 13.1. The summed E-state index contributed by atoms with van der Waals surface area (Å²) in [4.78, 5) is 0. The highest BCUT2D eigenvalue weighted by Gasteiger charge is 2.35. The van der Waals surface area contributed by atoms with Crippen molar-refractivity contribution >= 4 is 21.8 Å². The van der Waals surface area contributed by atoms with Gasteiger partial charge in [0.2, 0.25) is 0 Å². The van der Waals surface area contributed by atoms with Gasteiger partial charge in [0, 0.05) is 21.8 Å². The maximum absolute atomic E-state index is 6.13. The largest absolute Gasteiger partial charge is 0.348 e. The van der Waals surface area contributed by atoms with Gasteiger partial charge in [-0.3, -0.25) is 0 Å². The van der Waals surface area contributed by atoms with E-state index >= 15 is 0 Å². The molecule has 0 aliphatic carbocycles. The number of aromatic nitrogens is 1. The number of benzene rings is 2. The molecule has 0 unspecified atom stereocenters. The van der Waals surface area contributed by atoms with E-state index in [0.717, 1.165) is 13.0 Å². The lowest BCUT2D eigenvalue weighted by molar-refractivity contribution is -0.0916. The van der Waals surface area contributed by atoms with Crippen molar-refractivity contribution in [2.24, 2.45) is 0 Å². The fraction of sp³-hybridized carbons (Fsp3) is 0.368. The summed E-state index contributed by atoms with van der Waals surface area (Å²) in [6.07, 6.45) is 0.792. The number of fused-ring (bicyclic) bond motifs is 3. The van der Waals surface area contributed by atoms with Crippen molar-refractivity contribution in [3.05, 3.63) is 48.5 Å². The third kappa shape index (κ3) is 2.13. The van der Waals surface area contributed by atoms with Crippen LogP contribution in [0.2, 0.25) is 0 Å². The molecule has 1 aliphatic rings. The minimum Gasteiger partial charge on any atom is -0.348 e. The normalized spacial score (nSPS) is 25.3. The van der Waals surface area contributed by atoms with Gasteiger partial charge in [0.05, 0.1) is 18.8 Å². The third-order valence-electron chi connectivity index (χ3n) is 4.75. The Morgan fingerprint density at radius 1 is 1.05 bits per heavy atom. The predicted molar refractivity (Wildman–Crippen MR) is 89.0 cm³/mol. The van der Waals surface area contributed by atoms with E-state index in [-0.39, 0.29) is 11.9 Å². The standard InChI is InChI=1S/C19H21NO2/c1-3-19(2)13-21-18(22-19)12-20-16-10-6-4-8-14(16)15-9-5-7-11-17(15)20/h4-11,18H,3,12-13H2,1-2H3/t18-,19+/m0/s1. The van der Waals surface area contributed by atoms with Crippen LogP contribution in [-0.2, 0) is 16.0 Å². The minimum atomic E-state index is -0.177. The van der Waals surface area contributed by atoms with Crippen LogP contribution in [0.1, 0.15) is 20.3 Å². The van der Waals surface area contributed by atoms with Crippen LogP contribution in [0, 0.1) is 0 Å². The number of ether oxygens (including phenoxy) is 2. The molecule has 1 aliphatic heterocycles. The molecule has 3 nitrogen and oxygen atoms in total. The first-order valence-electron chi connectivity index (χ1n) is 7.95. The van der Waals surface area contributed by atoms with Gasteiger partial charge in [-0.1, -0.05) is 43.3 Å². The second-order valence-electron chi connectivity index (χ2n) is 6.31. The van der Waals surface area contributed by atoms with E-state index in [1.807, 2.05) is 0 Å². The zero-order valence-corrected chi connectivity index (χ0v) is 13.1. The van der Waals surface area contributed by atoms with Crippen molar-refractivity contribution < 1.29 is 9.47 Å². The van der Waals surface area contributed by atoms with Gasteiger partial charge >= 0.3 is 0 Å².